The standard InChI is InChI=1S/C19H25N5O6S/c1-12-18(13(2)30-22-12)31(27,28)24-9-7-23(8-10-24)19(26)21-16-11-15(20-14(3)25)5-6-17(16)29-4/h5-6,11H,7-10H2,1-4H3,(H,20,25)(H,21,26). The Morgan fingerprint density at radius 3 is 2.35 bits per heavy atom. The second-order valence-corrected chi connectivity index (χ2v) is 8.95. The van der Waals surface area contributed by atoms with Gasteiger partial charge in [0.15, 0.2) is 5.76 Å². The molecule has 1 fully saturated rings. The Kier molecular flexibility index (Phi) is 6.51. The van der Waals surface area contributed by atoms with Crippen LogP contribution < -0.4 is 15.4 Å². The lowest BCUT2D eigenvalue weighted by Gasteiger charge is -2.34. The van der Waals surface area contributed by atoms with Crippen molar-refractivity contribution < 1.29 is 27.3 Å². The van der Waals surface area contributed by atoms with Crippen molar-refractivity contribution in [1.29, 1.82) is 0 Å². The summed E-state index contributed by atoms with van der Waals surface area (Å²) in [5.41, 5.74) is 1.22. The molecule has 1 saturated heterocycles. The normalized spacial score (nSPS) is 14.9. The zero-order valence-corrected chi connectivity index (χ0v) is 18.6. The Labute approximate surface area is 180 Å². The topological polar surface area (TPSA) is 134 Å². The first-order chi connectivity index (χ1) is 14.6. The number of aromatic nitrogens is 1. The summed E-state index contributed by atoms with van der Waals surface area (Å²) < 4.78 is 37.4. The average molecular weight is 452 g/mol. The predicted molar refractivity (Wildman–Crippen MR) is 113 cm³/mol. The van der Waals surface area contributed by atoms with Crippen LogP contribution in [0.3, 0.4) is 0 Å². The zero-order valence-electron chi connectivity index (χ0n) is 17.8. The van der Waals surface area contributed by atoms with Gasteiger partial charge in [-0.3, -0.25) is 4.79 Å². The van der Waals surface area contributed by atoms with Gasteiger partial charge in [-0.05, 0) is 32.0 Å². The van der Waals surface area contributed by atoms with Gasteiger partial charge in [-0.2, -0.15) is 4.31 Å². The van der Waals surface area contributed by atoms with Crippen LogP contribution in [0.4, 0.5) is 16.2 Å². The number of amides is 3. The average Bonchev–Trinajstić information content (AvgIpc) is 3.06. The van der Waals surface area contributed by atoms with E-state index in [1.807, 2.05) is 0 Å². The van der Waals surface area contributed by atoms with Gasteiger partial charge in [-0.1, -0.05) is 5.16 Å². The number of piperazine rings is 1. The summed E-state index contributed by atoms with van der Waals surface area (Å²) >= 11 is 0. The predicted octanol–water partition coefficient (Wildman–Crippen LogP) is 1.80. The number of rotatable bonds is 5. The van der Waals surface area contributed by atoms with Crippen molar-refractivity contribution in [3.8, 4) is 5.75 Å². The lowest BCUT2D eigenvalue weighted by Crippen LogP contribution is -2.51. The third kappa shape index (κ3) is 4.80. The fourth-order valence-corrected chi connectivity index (χ4v) is 5.10. The number of carbonyl (C=O) groups excluding carboxylic acids is 2. The van der Waals surface area contributed by atoms with Crippen molar-refractivity contribution in [2.24, 2.45) is 0 Å². The van der Waals surface area contributed by atoms with Gasteiger partial charge in [0, 0.05) is 38.8 Å². The second-order valence-electron chi connectivity index (χ2n) is 7.07. The molecule has 2 N–H and O–H groups in total. The van der Waals surface area contributed by atoms with Crippen LogP contribution in [0.5, 0.6) is 5.75 Å². The van der Waals surface area contributed by atoms with Crippen LogP contribution in [0.1, 0.15) is 18.4 Å². The van der Waals surface area contributed by atoms with Crippen molar-refractivity contribution in [3.05, 3.63) is 29.7 Å². The van der Waals surface area contributed by atoms with Crippen LogP contribution in [0.15, 0.2) is 27.6 Å². The van der Waals surface area contributed by atoms with E-state index in [0.717, 1.165) is 0 Å². The van der Waals surface area contributed by atoms with Gasteiger partial charge in [-0.15, -0.1) is 0 Å². The van der Waals surface area contributed by atoms with E-state index < -0.39 is 16.1 Å². The maximum atomic E-state index is 12.9. The Bertz CT molecular complexity index is 1070. The molecule has 1 aromatic heterocycles. The van der Waals surface area contributed by atoms with Crippen LogP contribution >= 0.6 is 0 Å². The van der Waals surface area contributed by atoms with Gasteiger partial charge < -0.3 is 24.8 Å². The Hall–Kier alpha value is -3.12. The first-order valence-electron chi connectivity index (χ1n) is 9.58. The van der Waals surface area contributed by atoms with E-state index in [-0.39, 0.29) is 42.7 Å². The van der Waals surface area contributed by atoms with E-state index in [0.29, 0.717) is 22.8 Å². The molecule has 1 aromatic carbocycles. The van der Waals surface area contributed by atoms with Crippen LogP contribution in [0.25, 0.3) is 0 Å². The summed E-state index contributed by atoms with van der Waals surface area (Å²) in [7, 11) is -2.28. The Balaban J connectivity index is 1.68. The molecule has 0 atom stereocenters. The number of hydrogen-bond donors (Lipinski definition) is 2. The minimum Gasteiger partial charge on any atom is -0.495 e. The van der Waals surface area contributed by atoms with E-state index in [4.69, 9.17) is 9.26 Å². The molecule has 0 aliphatic carbocycles. The van der Waals surface area contributed by atoms with Crippen LogP contribution in [-0.4, -0.2) is 68.0 Å². The summed E-state index contributed by atoms with van der Waals surface area (Å²) in [6.07, 6.45) is 0. The number of carbonyl (C=O) groups is 2. The van der Waals surface area contributed by atoms with Crippen molar-refractivity contribution in [2.75, 3.05) is 43.9 Å². The van der Waals surface area contributed by atoms with Crippen molar-refractivity contribution in [3.63, 3.8) is 0 Å². The molecule has 12 heteroatoms. The summed E-state index contributed by atoms with van der Waals surface area (Å²) in [4.78, 5) is 25.6. The number of nitrogens with zero attached hydrogens (tertiary/aromatic N) is 3. The van der Waals surface area contributed by atoms with E-state index in [9.17, 15) is 18.0 Å². The molecule has 0 bridgehead atoms. The molecule has 168 valence electrons. The molecule has 31 heavy (non-hydrogen) atoms. The number of ether oxygens (including phenoxy) is 1. The monoisotopic (exact) mass is 451 g/mol. The van der Waals surface area contributed by atoms with Gasteiger partial charge in [-0.25, -0.2) is 13.2 Å². The number of urea groups is 1. The number of benzene rings is 1. The van der Waals surface area contributed by atoms with Crippen LogP contribution in [-0.2, 0) is 14.8 Å². The minimum absolute atomic E-state index is 0.0740. The second kappa shape index (κ2) is 8.94. The molecule has 2 heterocycles. The number of aryl methyl sites for hydroxylation is 2. The first-order valence-corrected chi connectivity index (χ1v) is 11.0. The van der Waals surface area contributed by atoms with Gasteiger partial charge in [0.2, 0.25) is 15.9 Å². The van der Waals surface area contributed by atoms with Crippen molar-refractivity contribution in [2.45, 2.75) is 25.7 Å². The van der Waals surface area contributed by atoms with Gasteiger partial charge in [0.05, 0.1) is 12.8 Å². The van der Waals surface area contributed by atoms with Crippen molar-refractivity contribution in [1.82, 2.24) is 14.4 Å². The molecule has 0 saturated carbocycles. The van der Waals surface area contributed by atoms with Gasteiger partial charge in [0.1, 0.15) is 16.3 Å². The third-order valence-electron chi connectivity index (χ3n) is 4.85. The third-order valence-corrected chi connectivity index (χ3v) is 7.00. The molecule has 0 unspecified atom stereocenters. The SMILES string of the molecule is COc1ccc(NC(C)=O)cc1NC(=O)N1CCN(S(=O)(=O)c2c(C)noc2C)CC1. The molecule has 3 amide bonds. The maximum Gasteiger partial charge on any atom is 0.322 e. The summed E-state index contributed by atoms with van der Waals surface area (Å²) in [5, 5.41) is 9.13. The maximum absolute atomic E-state index is 12.9. The molecule has 1 aliphatic rings. The van der Waals surface area contributed by atoms with E-state index >= 15 is 0 Å². The summed E-state index contributed by atoms with van der Waals surface area (Å²) in [5.74, 6) is 0.434. The number of methoxy groups -OCH3 is 1. The highest BCUT2D eigenvalue weighted by molar-refractivity contribution is 7.89. The lowest BCUT2D eigenvalue weighted by molar-refractivity contribution is -0.114. The number of hydrogen-bond acceptors (Lipinski definition) is 7. The quantitative estimate of drug-likeness (QED) is 0.708. The molecule has 0 spiro atoms. The van der Waals surface area contributed by atoms with E-state index in [1.165, 1.54) is 23.2 Å². The van der Waals surface area contributed by atoms with Crippen molar-refractivity contribution >= 4 is 33.3 Å². The molecule has 2 aromatic rings. The van der Waals surface area contributed by atoms with Gasteiger partial charge in [0.25, 0.3) is 0 Å². The highest BCUT2D eigenvalue weighted by atomic mass is 32.2. The first kappa shape index (κ1) is 22.6. The van der Waals surface area contributed by atoms with Crippen LogP contribution in [0.2, 0.25) is 0 Å². The fraction of sp³-hybridized carbons (Fsp3) is 0.421. The van der Waals surface area contributed by atoms with Gasteiger partial charge >= 0.3 is 6.03 Å². The zero-order chi connectivity index (χ0) is 22.8. The molecule has 3 rings (SSSR count). The molecule has 1 aliphatic heterocycles. The Morgan fingerprint density at radius 2 is 1.81 bits per heavy atom. The minimum atomic E-state index is -3.76. The molecular weight excluding hydrogens is 426 g/mol. The number of nitrogens with one attached hydrogen (secondary N) is 2. The Morgan fingerprint density at radius 1 is 1.13 bits per heavy atom. The van der Waals surface area contributed by atoms with Crippen LogP contribution in [0, 0.1) is 13.8 Å². The summed E-state index contributed by atoms with van der Waals surface area (Å²) in [6.45, 7) is 5.23. The highest BCUT2D eigenvalue weighted by Crippen LogP contribution is 2.29. The largest absolute Gasteiger partial charge is 0.495 e. The number of sulfonamides is 1. The number of anilines is 2. The summed E-state index contributed by atoms with van der Waals surface area (Å²) in [6, 6.07) is 4.49. The smallest absolute Gasteiger partial charge is 0.322 e. The molecule has 0 radical (unpaired) electrons. The molecular formula is C19H25N5O6S. The van der Waals surface area contributed by atoms with E-state index in [2.05, 4.69) is 15.8 Å². The molecule has 11 nitrogen and oxygen atoms in total. The highest BCUT2D eigenvalue weighted by Gasteiger charge is 2.34. The lowest BCUT2D eigenvalue weighted by atomic mass is 10.2. The van der Waals surface area contributed by atoms with E-state index in [1.54, 1.807) is 32.0 Å². The fourth-order valence-electron chi connectivity index (χ4n) is 3.38.